The van der Waals surface area contributed by atoms with Crippen molar-refractivity contribution < 1.29 is 9.59 Å². The molecule has 0 aromatic carbocycles. The molecule has 1 unspecified atom stereocenters. The second kappa shape index (κ2) is 5.47. The minimum atomic E-state index is -0.263. The summed E-state index contributed by atoms with van der Waals surface area (Å²) in [5.41, 5.74) is 0.324. The van der Waals surface area contributed by atoms with E-state index in [2.05, 4.69) is 12.2 Å². The van der Waals surface area contributed by atoms with Gasteiger partial charge >= 0.3 is 0 Å². The molecule has 0 aromatic heterocycles. The summed E-state index contributed by atoms with van der Waals surface area (Å²) in [6.07, 6.45) is 9.74. The lowest BCUT2D eigenvalue weighted by Gasteiger charge is -2.26. The normalized spacial score (nSPS) is 30.6. The summed E-state index contributed by atoms with van der Waals surface area (Å²) in [5.74, 6) is 0.0690. The highest BCUT2D eigenvalue weighted by Gasteiger charge is 2.43. The Morgan fingerprint density at radius 2 is 1.80 bits per heavy atom. The maximum atomic E-state index is 12.5. The number of nitrogens with zero attached hydrogens (tertiary/aromatic N) is 1. The lowest BCUT2D eigenvalue weighted by atomic mass is 9.88. The number of hydrogen-bond acceptors (Lipinski definition) is 3. The van der Waals surface area contributed by atoms with E-state index in [4.69, 9.17) is 0 Å². The molecule has 2 amide bonds. The number of imide groups is 1. The molecule has 4 nitrogen and oxygen atoms in total. The van der Waals surface area contributed by atoms with Crippen molar-refractivity contribution in [1.29, 1.82) is 0 Å². The van der Waals surface area contributed by atoms with E-state index in [9.17, 15) is 9.59 Å². The molecule has 1 heterocycles. The summed E-state index contributed by atoms with van der Waals surface area (Å²) in [6, 6.07) is -0.0793. The molecule has 1 saturated heterocycles. The third-order valence-electron chi connectivity index (χ3n) is 5.46. The Hall–Kier alpha value is -0.900. The molecule has 1 N–H and O–H groups in total. The van der Waals surface area contributed by atoms with Crippen LogP contribution in [-0.4, -0.2) is 35.3 Å². The van der Waals surface area contributed by atoms with E-state index < -0.39 is 0 Å². The van der Waals surface area contributed by atoms with Crippen LogP contribution in [0.25, 0.3) is 0 Å². The van der Waals surface area contributed by atoms with Crippen molar-refractivity contribution in [2.45, 2.75) is 76.8 Å². The van der Waals surface area contributed by atoms with E-state index in [1.54, 1.807) is 4.90 Å². The molecule has 0 aromatic rings. The topological polar surface area (TPSA) is 49.4 Å². The maximum absolute atomic E-state index is 12.5. The Labute approximate surface area is 121 Å². The molecule has 0 bridgehead atoms. The molecule has 3 rings (SSSR count). The molecule has 3 fully saturated rings. The minimum Gasteiger partial charge on any atom is -0.305 e. The van der Waals surface area contributed by atoms with Crippen LogP contribution in [0.5, 0.6) is 0 Å². The summed E-state index contributed by atoms with van der Waals surface area (Å²) in [6.45, 7) is 3.16. The summed E-state index contributed by atoms with van der Waals surface area (Å²) < 4.78 is 0. The number of hydrogen-bond donors (Lipinski definition) is 1. The second-order valence-corrected chi connectivity index (χ2v) is 7.20. The smallest absolute Gasteiger partial charge is 0.247 e. The number of carbonyl (C=O) groups excluding carboxylic acids is 2. The summed E-state index contributed by atoms with van der Waals surface area (Å²) in [4.78, 5) is 26.1. The lowest BCUT2D eigenvalue weighted by Crippen LogP contribution is -2.45. The van der Waals surface area contributed by atoms with Crippen LogP contribution in [-0.2, 0) is 9.59 Å². The van der Waals surface area contributed by atoms with Gasteiger partial charge in [0.25, 0.3) is 0 Å². The Bertz CT molecular complexity index is 395. The highest BCUT2D eigenvalue weighted by atomic mass is 16.2. The van der Waals surface area contributed by atoms with E-state index in [1.807, 2.05) is 0 Å². The van der Waals surface area contributed by atoms with Crippen LogP contribution in [0.4, 0.5) is 0 Å². The van der Waals surface area contributed by atoms with Gasteiger partial charge in [0.2, 0.25) is 11.8 Å². The standard InChI is InChI=1S/C16H26N2O2/c1-16(8-4-5-9-16)11-17-13-10-14(19)18(15(13)20)12-6-2-3-7-12/h12-13,17H,2-11H2,1H3. The van der Waals surface area contributed by atoms with E-state index >= 15 is 0 Å². The van der Waals surface area contributed by atoms with Crippen LogP contribution in [0.1, 0.15) is 64.7 Å². The van der Waals surface area contributed by atoms with Crippen LogP contribution < -0.4 is 5.32 Å². The van der Waals surface area contributed by atoms with Crippen LogP contribution >= 0.6 is 0 Å². The molecule has 3 aliphatic rings. The summed E-state index contributed by atoms with van der Waals surface area (Å²) in [7, 11) is 0. The van der Waals surface area contributed by atoms with Gasteiger partial charge in [-0.25, -0.2) is 0 Å². The molecular formula is C16H26N2O2. The van der Waals surface area contributed by atoms with Crippen molar-refractivity contribution in [2.24, 2.45) is 5.41 Å². The lowest BCUT2D eigenvalue weighted by molar-refractivity contribution is -0.141. The monoisotopic (exact) mass is 278 g/mol. The molecule has 1 aliphatic heterocycles. The molecule has 0 spiro atoms. The van der Waals surface area contributed by atoms with Crippen molar-refractivity contribution in [2.75, 3.05) is 6.54 Å². The zero-order chi connectivity index (χ0) is 14.2. The number of nitrogens with one attached hydrogen (secondary N) is 1. The maximum Gasteiger partial charge on any atom is 0.247 e. The minimum absolute atomic E-state index is 0.0310. The zero-order valence-electron chi connectivity index (χ0n) is 12.5. The Kier molecular flexibility index (Phi) is 3.85. The third kappa shape index (κ3) is 2.62. The fraction of sp³-hybridized carbons (Fsp3) is 0.875. The van der Waals surface area contributed by atoms with Crippen molar-refractivity contribution in [3.63, 3.8) is 0 Å². The Morgan fingerprint density at radius 3 is 2.45 bits per heavy atom. The largest absolute Gasteiger partial charge is 0.305 e. The van der Waals surface area contributed by atoms with Gasteiger partial charge < -0.3 is 5.32 Å². The molecule has 2 saturated carbocycles. The van der Waals surface area contributed by atoms with Gasteiger partial charge in [0.15, 0.2) is 0 Å². The van der Waals surface area contributed by atoms with Crippen molar-refractivity contribution in [1.82, 2.24) is 10.2 Å². The van der Waals surface area contributed by atoms with Crippen molar-refractivity contribution in [3.05, 3.63) is 0 Å². The molecule has 20 heavy (non-hydrogen) atoms. The molecule has 2 aliphatic carbocycles. The van der Waals surface area contributed by atoms with E-state index in [0.29, 0.717) is 11.8 Å². The van der Waals surface area contributed by atoms with Gasteiger partial charge in [-0.2, -0.15) is 0 Å². The first-order chi connectivity index (χ1) is 9.59. The molecular weight excluding hydrogens is 252 g/mol. The van der Waals surface area contributed by atoms with Crippen LogP contribution in [0, 0.1) is 5.41 Å². The molecule has 0 radical (unpaired) electrons. The second-order valence-electron chi connectivity index (χ2n) is 7.20. The van der Waals surface area contributed by atoms with Gasteiger partial charge in [0.05, 0.1) is 12.5 Å². The predicted octanol–water partition coefficient (Wildman–Crippen LogP) is 2.23. The van der Waals surface area contributed by atoms with Gasteiger partial charge in [-0.05, 0) is 31.1 Å². The number of likely N-dealkylation sites (tertiary alicyclic amines) is 1. The van der Waals surface area contributed by atoms with E-state index in [0.717, 1.165) is 32.2 Å². The Morgan fingerprint density at radius 1 is 1.15 bits per heavy atom. The average Bonchev–Trinajstić information content (AvgIpc) is 3.10. The van der Waals surface area contributed by atoms with Crippen LogP contribution in [0.2, 0.25) is 0 Å². The molecule has 4 heteroatoms. The number of amides is 2. The summed E-state index contributed by atoms with van der Waals surface area (Å²) in [5, 5.41) is 3.39. The van der Waals surface area contributed by atoms with E-state index in [1.165, 1.54) is 25.7 Å². The zero-order valence-corrected chi connectivity index (χ0v) is 12.5. The van der Waals surface area contributed by atoms with Crippen molar-refractivity contribution in [3.8, 4) is 0 Å². The van der Waals surface area contributed by atoms with Gasteiger partial charge in [-0.3, -0.25) is 14.5 Å². The van der Waals surface area contributed by atoms with E-state index in [-0.39, 0.29) is 23.9 Å². The highest BCUT2D eigenvalue weighted by molar-refractivity contribution is 6.05. The molecule has 1 atom stereocenters. The van der Waals surface area contributed by atoms with Gasteiger partial charge in [0.1, 0.15) is 0 Å². The number of rotatable bonds is 4. The first kappa shape index (κ1) is 14.1. The first-order valence-corrected chi connectivity index (χ1v) is 8.18. The quantitative estimate of drug-likeness (QED) is 0.802. The van der Waals surface area contributed by atoms with Gasteiger partial charge in [0, 0.05) is 12.6 Å². The van der Waals surface area contributed by atoms with Gasteiger partial charge in [-0.1, -0.05) is 32.6 Å². The fourth-order valence-corrected chi connectivity index (χ4v) is 4.13. The first-order valence-electron chi connectivity index (χ1n) is 8.18. The van der Waals surface area contributed by atoms with Crippen LogP contribution in [0.3, 0.4) is 0 Å². The molecule has 112 valence electrons. The SMILES string of the molecule is CC1(CNC2CC(=O)N(C3CCCC3)C2=O)CCCC1. The Balaban J connectivity index is 1.58. The predicted molar refractivity (Wildman–Crippen MR) is 77.1 cm³/mol. The highest BCUT2D eigenvalue weighted by Crippen LogP contribution is 2.37. The van der Waals surface area contributed by atoms with Crippen molar-refractivity contribution >= 4 is 11.8 Å². The fourth-order valence-electron chi connectivity index (χ4n) is 4.13. The van der Waals surface area contributed by atoms with Gasteiger partial charge in [-0.15, -0.1) is 0 Å². The third-order valence-corrected chi connectivity index (χ3v) is 5.46. The number of carbonyl (C=O) groups is 2. The average molecular weight is 278 g/mol. The summed E-state index contributed by atoms with van der Waals surface area (Å²) >= 11 is 0. The van der Waals surface area contributed by atoms with Crippen LogP contribution in [0.15, 0.2) is 0 Å².